The molecule has 1 aromatic carbocycles. The van der Waals surface area contributed by atoms with Crippen LogP contribution in [0.1, 0.15) is 13.3 Å². The van der Waals surface area contributed by atoms with Crippen molar-refractivity contribution in [3.63, 3.8) is 0 Å². The number of carbonyl (C=O) groups is 2. The van der Waals surface area contributed by atoms with Gasteiger partial charge in [0.15, 0.2) is 0 Å². The molecule has 0 aliphatic carbocycles. The van der Waals surface area contributed by atoms with Crippen LogP contribution in [0, 0.1) is 4.91 Å². The fourth-order valence-corrected chi connectivity index (χ4v) is 1.07. The molecule has 1 N–H and O–H groups in total. The number of nitrogens with zero attached hydrogens (tertiary/aromatic N) is 1. The molecule has 5 nitrogen and oxygen atoms in total. The monoisotopic (exact) mass is 206 g/mol. The molecule has 0 heterocycles. The molecule has 0 bridgehead atoms. The van der Waals surface area contributed by atoms with Crippen molar-refractivity contribution in [2.24, 2.45) is 5.18 Å². The molecule has 1 aromatic rings. The fourth-order valence-electron chi connectivity index (χ4n) is 1.07. The molecule has 5 heteroatoms. The summed E-state index contributed by atoms with van der Waals surface area (Å²) in [5.74, 6) is -0.609. The minimum Gasteiger partial charge on any atom is -0.326 e. The van der Waals surface area contributed by atoms with Crippen LogP contribution >= 0.6 is 0 Å². The molecule has 0 saturated carbocycles. The SMILES string of the molecule is CC(=O)CC(=O)Nc1cccc(N=O)c1. The lowest BCUT2D eigenvalue weighted by atomic mass is 10.2. The van der Waals surface area contributed by atoms with E-state index in [2.05, 4.69) is 10.5 Å². The summed E-state index contributed by atoms with van der Waals surface area (Å²) in [5.41, 5.74) is 0.689. The summed E-state index contributed by atoms with van der Waals surface area (Å²) in [6.07, 6.45) is -0.168. The predicted molar refractivity (Wildman–Crippen MR) is 55.8 cm³/mol. The fraction of sp³-hybridized carbons (Fsp3) is 0.200. The van der Waals surface area contributed by atoms with Crippen LogP contribution in [-0.4, -0.2) is 11.7 Å². The van der Waals surface area contributed by atoms with Crippen LogP contribution in [0.3, 0.4) is 0 Å². The highest BCUT2D eigenvalue weighted by Gasteiger charge is 2.05. The maximum atomic E-state index is 11.2. The molecule has 0 aliphatic heterocycles. The van der Waals surface area contributed by atoms with Crippen LogP contribution in [0.25, 0.3) is 0 Å². The molecule has 0 saturated heterocycles. The Bertz CT molecular complexity index is 401. The molecule has 0 radical (unpaired) electrons. The third-order valence-corrected chi connectivity index (χ3v) is 1.64. The minimum absolute atomic E-state index is 0.168. The third-order valence-electron chi connectivity index (χ3n) is 1.64. The van der Waals surface area contributed by atoms with Crippen molar-refractivity contribution in [1.82, 2.24) is 0 Å². The van der Waals surface area contributed by atoms with E-state index in [0.717, 1.165) is 0 Å². The Morgan fingerprint density at radius 2 is 2.13 bits per heavy atom. The largest absolute Gasteiger partial charge is 0.326 e. The van der Waals surface area contributed by atoms with Gasteiger partial charge in [0, 0.05) is 5.69 Å². The van der Waals surface area contributed by atoms with E-state index in [4.69, 9.17) is 0 Å². The lowest BCUT2D eigenvalue weighted by Crippen LogP contribution is -2.14. The number of anilines is 1. The maximum absolute atomic E-state index is 11.2. The Labute approximate surface area is 86.5 Å². The van der Waals surface area contributed by atoms with Gasteiger partial charge in [-0.25, -0.2) is 0 Å². The van der Waals surface area contributed by atoms with Gasteiger partial charge in [0.25, 0.3) is 0 Å². The van der Waals surface area contributed by atoms with Crippen LogP contribution in [0.4, 0.5) is 11.4 Å². The Kier molecular flexibility index (Phi) is 3.68. The van der Waals surface area contributed by atoms with Gasteiger partial charge in [-0.3, -0.25) is 9.59 Å². The second-order valence-electron chi connectivity index (χ2n) is 3.07. The van der Waals surface area contributed by atoms with Crippen LogP contribution in [0.15, 0.2) is 29.4 Å². The standard InChI is InChI=1S/C10H10N2O3/c1-7(13)5-10(14)11-8-3-2-4-9(6-8)12-15/h2-4,6H,5H2,1H3,(H,11,14). The van der Waals surface area contributed by atoms with Crippen molar-refractivity contribution in [1.29, 1.82) is 0 Å². The molecule has 1 rings (SSSR count). The van der Waals surface area contributed by atoms with E-state index >= 15 is 0 Å². The number of carbonyl (C=O) groups excluding carboxylic acids is 2. The molecule has 0 spiro atoms. The zero-order chi connectivity index (χ0) is 11.3. The Morgan fingerprint density at radius 3 is 2.73 bits per heavy atom. The number of amides is 1. The smallest absolute Gasteiger partial charge is 0.231 e. The third kappa shape index (κ3) is 3.68. The van der Waals surface area contributed by atoms with E-state index in [-0.39, 0.29) is 17.9 Å². The summed E-state index contributed by atoms with van der Waals surface area (Å²) in [5, 5.41) is 5.22. The van der Waals surface area contributed by atoms with Gasteiger partial charge in [-0.1, -0.05) is 6.07 Å². The highest BCUT2D eigenvalue weighted by atomic mass is 16.3. The molecular weight excluding hydrogens is 196 g/mol. The molecule has 0 aromatic heterocycles. The van der Waals surface area contributed by atoms with Crippen molar-refractivity contribution in [3.8, 4) is 0 Å². The van der Waals surface area contributed by atoms with E-state index in [9.17, 15) is 14.5 Å². The molecule has 0 atom stereocenters. The number of nitrogens with one attached hydrogen (secondary N) is 1. The second kappa shape index (κ2) is 4.99. The number of benzene rings is 1. The van der Waals surface area contributed by atoms with E-state index < -0.39 is 5.91 Å². The number of hydrogen-bond acceptors (Lipinski definition) is 4. The number of nitroso groups, excluding NO2 is 1. The molecule has 15 heavy (non-hydrogen) atoms. The van der Waals surface area contributed by atoms with Crippen LogP contribution < -0.4 is 5.32 Å². The first-order valence-corrected chi connectivity index (χ1v) is 4.34. The number of ketones is 1. The van der Waals surface area contributed by atoms with E-state index in [1.165, 1.54) is 19.1 Å². The van der Waals surface area contributed by atoms with Crippen molar-refractivity contribution < 1.29 is 9.59 Å². The van der Waals surface area contributed by atoms with Gasteiger partial charge in [0.2, 0.25) is 5.91 Å². The van der Waals surface area contributed by atoms with Crippen LogP contribution in [0.5, 0.6) is 0 Å². The van der Waals surface area contributed by atoms with Crippen molar-refractivity contribution in [2.45, 2.75) is 13.3 Å². The number of Topliss-reactive ketones (excluding diaryl/α,β-unsaturated/α-hetero) is 1. The summed E-state index contributed by atoms with van der Waals surface area (Å²) < 4.78 is 0. The number of hydrogen-bond donors (Lipinski definition) is 1. The first-order valence-electron chi connectivity index (χ1n) is 4.34. The van der Waals surface area contributed by atoms with Crippen molar-refractivity contribution in [3.05, 3.63) is 29.2 Å². The van der Waals surface area contributed by atoms with Crippen molar-refractivity contribution in [2.75, 3.05) is 5.32 Å². The lowest BCUT2D eigenvalue weighted by molar-refractivity contribution is -0.124. The van der Waals surface area contributed by atoms with Gasteiger partial charge in [0.1, 0.15) is 11.5 Å². The summed E-state index contributed by atoms with van der Waals surface area (Å²) in [7, 11) is 0. The molecule has 1 amide bonds. The molecular formula is C10H10N2O3. The Balaban J connectivity index is 2.67. The average molecular weight is 206 g/mol. The first-order chi connectivity index (χ1) is 7.11. The average Bonchev–Trinajstić information content (AvgIpc) is 2.16. The van der Waals surface area contributed by atoms with E-state index in [0.29, 0.717) is 5.69 Å². The van der Waals surface area contributed by atoms with Gasteiger partial charge in [0.05, 0.1) is 6.42 Å². The number of rotatable bonds is 4. The van der Waals surface area contributed by atoms with Crippen LogP contribution in [0.2, 0.25) is 0 Å². The summed E-state index contributed by atoms with van der Waals surface area (Å²) >= 11 is 0. The predicted octanol–water partition coefficient (Wildman–Crippen LogP) is 2.00. The molecule has 0 unspecified atom stereocenters. The maximum Gasteiger partial charge on any atom is 0.231 e. The summed E-state index contributed by atoms with van der Waals surface area (Å²) in [4.78, 5) is 32.0. The molecule has 0 aliphatic rings. The first kappa shape index (κ1) is 11.0. The second-order valence-corrected chi connectivity index (χ2v) is 3.07. The van der Waals surface area contributed by atoms with E-state index in [1.54, 1.807) is 12.1 Å². The van der Waals surface area contributed by atoms with Gasteiger partial charge >= 0.3 is 0 Å². The molecule has 0 fully saturated rings. The lowest BCUT2D eigenvalue weighted by Gasteiger charge is -2.03. The van der Waals surface area contributed by atoms with E-state index in [1.807, 2.05) is 0 Å². The van der Waals surface area contributed by atoms with Gasteiger partial charge in [-0.05, 0) is 30.3 Å². The summed E-state index contributed by atoms with van der Waals surface area (Å²) in [6.45, 7) is 1.34. The summed E-state index contributed by atoms with van der Waals surface area (Å²) in [6, 6.07) is 6.17. The Hall–Kier alpha value is -2.04. The van der Waals surface area contributed by atoms with Gasteiger partial charge in [-0.15, -0.1) is 4.91 Å². The van der Waals surface area contributed by atoms with Gasteiger partial charge in [-0.2, -0.15) is 0 Å². The highest BCUT2D eigenvalue weighted by molar-refractivity contribution is 6.03. The minimum atomic E-state index is -0.398. The Morgan fingerprint density at radius 1 is 1.40 bits per heavy atom. The quantitative estimate of drug-likeness (QED) is 0.604. The normalized spacial score (nSPS) is 9.40. The van der Waals surface area contributed by atoms with Crippen LogP contribution in [-0.2, 0) is 9.59 Å². The zero-order valence-corrected chi connectivity index (χ0v) is 8.19. The van der Waals surface area contributed by atoms with Gasteiger partial charge < -0.3 is 5.32 Å². The topological polar surface area (TPSA) is 75.6 Å². The highest BCUT2D eigenvalue weighted by Crippen LogP contribution is 2.17. The zero-order valence-electron chi connectivity index (χ0n) is 8.19. The molecule has 78 valence electrons. The van der Waals surface area contributed by atoms with Crippen molar-refractivity contribution >= 4 is 23.1 Å².